The van der Waals surface area contributed by atoms with E-state index in [2.05, 4.69) is 45.7 Å². The van der Waals surface area contributed by atoms with E-state index >= 15 is 0 Å². The summed E-state index contributed by atoms with van der Waals surface area (Å²) in [6.07, 6.45) is -3.53. The molecule has 0 radical (unpaired) electrons. The molecule has 2 nitrogen and oxygen atoms in total. The fraction of sp³-hybridized carbons (Fsp3) is 0.0833. The summed E-state index contributed by atoms with van der Waals surface area (Å²) in [5.41, 5.74) is -1.92. The maximum absolute atomic E-state index is 13.0. The second kappa shape index (κ2) is 15.9. The predicted molar refractivity (Wildman–Crippen MR) is 126 cm³/mol. The molecule has 37 heavy (non-hydrogen) atoms. The van der Waals surface area contributed by atoms with Crippen molar-refractivity contribution in [1.29, 1.82) is 0 Å². The fourth-order valence-electron chi connectivity index (χ4n) is 2.43. The summed E-state index contributed by atoms with van der Waals surface area (Å²) in [5, 5.41) is 0. The zero-order valence-corrected chi connectivity index (χ0v) is 24.6. The summed E-state index contributed by atoms with van der Waals surface area (Å²) < 4.78 is 99.1. The number of nitrogens with zero attached hydrogens (tertiary/aromatic N) is 2. The molecule has 0 amide bonds. The van der Waals surface area contributed by atoms with Crippen LogP contribution < -0.4 is 0 Å². The number of hydrogen-bond acceptors (Lipinski definition) is 2. The van der Waals surface area contributed by atoms with Crippen LogP contribution in [0.4, 0.5) is 35.1 Å². The van der Waals surface area contributed by atoms with E-state index in [0.717, 1.165) is 18.2 Å². The van der Waals surface area contributed by atoms with Crippen LogP contribution in [0.2, 0.25) is 0 Å². The molecule has 192 valence electrons. The zero-order valence-electron chi connectivity index (χ0n) is 18.5. The van der Waals surface area contributed by atoms with Crippen molar-refractivity contribution in [2.75, 3.05) is 0 Å². The summed E-state index contributed by atoms with van der Waals surface area (Å²) in [5.74, 6) is -2.54. The van der Waals surface area contributed by atoms with E-state index in [9.17, 15) is 35.1 Å². The predicted octanol–water partition coefficient (Wildman–Crippen LogP) is 9.24. The van der Waals surface area contributed by atoms with Crippen LogP contribution in [-0.2, 0) is 28.7 Å². The first-order valence-corrected chi connectivity index (χ1v) is 17.5. The van der Waals surface area contributed by atoms with Gasteiger partial charge in [0, 0.05) is 16.2 Å². The Kier molecular flexibility index (Phi) is 14.1. The molecule has 0 fully saturated rings. The summed E-state index contributed by atoms with van der Waals surface area (Å²) in [4.78, 5) is 7.57. The van der Waals surface area contributed by atoms with E-state index in [1.807, 2.05) is 12.1 Å². The number of aromatic nitrogens is 2. The molecule has 2 heterocycles. The van der Waals surface area contributed by atoms with Crippen LogP contribution in [0.5, 0.6) is 0 Å². The van der Waals surface area contributed by atoms with E-state index in [0.29, 0.717) is 11.8 Å². The average molecular weight is 708 g/mol. The molecule has 4 rings (SSSR count). The van der Waals surface area contributed by atoms with Gasteiger partial charge in [0.25, 0.3) is 0 Å². The van der Waals surface area contributed by atoms with Crippen molar-refractivity contribution < 1.29 is 51.5 Å². The molecular formula is C24H14Br2F8N2Zn. The van der Waals surface area contributed by atoms with Crippen LogP contribution in [0.1, 0.15) is 11.1 Å². The van der Waals surface area contributed by atoms with Gasteiger partial charge < -0.3 is 4.98 Å². The number of pyridine rings is 2. The Balaban J connectivity index is 0.000000296. The Morgan fingerprint density at radius 1 is 0.703 bits per heavy atom. The quantitative estimate of drug-likeness (QED) is 0.112. The van der Waals surface area contributed by atoms with E-state index in [4.69, 9.17) is 0 Å². The van der Waals surface area contributed by atoms with Crippen molar-refractivity contribution in [3.05, 3.63) is 119 Å². The maximum atomic E-state index is 13.0. The Bertz CT molecular complexity index is 1180. The van der Waals surface area contributed by atoms with Crippen LogP contribution in [0.3, 0.4) is 0 Å². The molecular weight excluding hydrogens is 693 g/mol. The van der Waals surface area contributed by atoms with E-state index in [1.165, 1.54) is 34.7 Å². The molecule has 0 saturated heterocycles. The van der Waals surface area contributed by atoms with Gasteiger partial charge in [-0.3, -0.25) is 4.98 Å². The van der Waals surface area contributed by atoms with Crippen molar-refractivity contribution in [2.45, 2.75) is 12.4 Å². The van der Waals surface area contributed by atoms with Crippen molar-refractivity contribution in [2.24, 2.45) is 0 Å². The largest absolute Gasteiger partial charge is 0.394 e. The number of rotatable bonds is 1. The topological polar surface area (TPSA) is 25.8 Å². The Labute approximate surface area is 232 Å². The van der Waals surface area contributed by atoms with Gasteiger partial charge in [-0.05, 0) is 48.5 Å². The molecule has 2 aromatic carbocycles. The summed E-state index contributed by atoms with van der Waals surface area (Å²) in [6, 6.07) is 15.9. The molecule has 0 aliphatic heterocycles. The van der Waals surface area contributed by atoms with Crippen LogP contribution >= 0.6 is 29.6 Å². The van der Waals surface area contributed by atoms with Crippen molar-refractivity contribution in [3.63, 3.8) is 0 Å². The van der Waals surface area contributed by atoms with Crippen LogP contribution in [-0.4, -0.2) is 9.97 Å². The van der Waals surface area contributed by atoms with Crippen LogP contribution in [0.15, 0.2) is 89.7 Å². The third-order valence-corrected chi connectivity index (χ3v) is 4.48. The minimum Gasteiger partial charge on any atom is -0.394 e. The zero-order chi connectivity index (χ0) is 28.1. The number of benzene rings is 2. The standard InChI is InChI=1S/C12H7F4N.C7H3BrF4.C5H4N.BrH.Zn/c13-10-5-4-8(7-9(10)12(14,15)16)11-3-1-2-6-17-11;8-4-1-2-6(9)5(3-4)7(10,11)12;1-2-4-6-5-3-1;;/h1-7H;1-3H;1-4H;1H;/q;;-1;;+2/p-1. The van der Waals surface area contributed by atoms with E-state index < -0.39 is 35.1 Å². The summed E-state index contributed by atoms with van der Waals surface area (Å²) in [7, 11) is 0. The van der Waals surface area contributed by atoms with Gasteiger partial charge in [0.15, 0.2) is 0 Å². The third-order valence-electron chi connectivity index (χ3n) is 3.98. The van der Waals surface area contributed by atoms with Crippen LogP contribution in [0, 0.1) is 17.8 Å². The Morgan fingerprint density at radius 3 is 1.68 bits per heavy atom. The van der Waals surface area contributed by atoms with Gasteiger partial charge in [-0.15, -0.1) is 0 Å². The molecule has 0 N–H and O–H groups in total. The average Bonchev–Trinajstić information content (AvgIpc) is 2.88. The Hall–Kier alpha value is -2.24. The van der Waals surface area contributed by atoms with E-state index in [1.54, 1.807) is 30.5 Å². The first kappa shape index (κ1) is 32.8. The number of halogens is 10. The maximum Gasteiger partial charge on any atom is -0.0813 e. The summed E-state index contributed by atoms with van der Waals surface area (Å²) >= 11 is 7.07. The van der Waals surface area contributed by atoms with Crippen molar-refractivity contribution in [3.8, 4) is 11.3 Å². The molecule has 0 spiro atoms. The molecule has 0 atom stereocenters. The van der Waals surface area contributed by atoms with Gasteiger partial charge in [-0.2, -0.15) is 44.5 Å². The van der Waals surface area contributed by atoms with Gasteiger partial charge in [0.05, 0.1) is 16.8 Å². The van der Waals surface area contributed by atoms with Crippen molar-refractivity contribution in [1.82, 2.24) is 9.97 Å². The smallest absolute Gasteiger partial charge is 0.0813 e. The van der Waals surface area contributed by atoms with Crippen LogP contribution in [0.25, 0.3) is 11.3 Å². The molecule has 13 heteroatoms. The molecule has 0 unspecified atom stereocenters. The molecule has 2 aromatic heterocycles. The third kappa shape index (κ3) is 11.8. The SMILES string of the molecule is Fc1ccc(-c2ccccn2)cc1C(F)(F)F.Fc1ccc(Br)cc1C(F)(F)F.[Zn+][Br].[c-]1ccccn1. The number of alkyl halides is 6. The molecule has 0 bridgehead atoms. The molecule has 0 saturated carbocycles. The fourth-order valence-corrected chi connectivity index (χ4v) is 2.79. The second-order valence-corrected chi connectivity index (χ2v) is 7.40. The first-order valence-electron chi connectivity index (χ1n) is 9.74. The van der Waals surface area contributed by atoms with E-state index in [-0.39, 0.29) is 10.0 Å². The minimum absolute atomic E-state index is 0.205. The monoisotopic (exact) mass is 704 g/mol. The Morgan fingerprint density at radius 2 is 1.27 bits per heavy atom. The number of hydrogen-bond donors (Lipinski definition) is 0. The second-order valence-electron chi connectivity index (χ2n) is 6.49. The van der Waals surface area contributed by atoms with Gasteiger partial charge >= 0.3 is 42.3 Å². The van der Waals surface area contributed by atoms with Gasteiger partial charge in [-0.1, -0.05) is 34.4 Å². The minimum atomic E-state index is -4.70. The molecule has 4 aromatic rings. The first-order chi connectivity index (χ1) is 17.4. The van der Waals surface area contributed by atoms with Gasteiger partial charge in [0.2, 0.25) is 0 Å². The normalized spacial score (nSPS) is 10.6. The molecule has 0 aliphatic rings. The van der Waals surface area contributed by atoms with Crippen molar-refractivity contribution >= 4 is 29.6 Å². The summed E-state index contributed by atoms with van der Waals surface area (Å²) in [6.45, 7) is 0. The van der Waals surface area contributed by atoms with Gasteiger partial charge in [0.1, 0.15) is 11.6 Å². The van der Waals surface area contributed by atoms with Gasteiger partial charge in [-0.25, -0.2) is 8.78 Å². The molecule has 0 aliphatic carbocycles.